The quantitative estimate of drug-likeness (QED) is 0.446. The summed E-state index contributed by atoms with van der Waals surface area (Å²) < 4.78 is 5.69. The summed E-state index contributed by atoms with van der Waals surface area (Å²) in [5, 5.41) is 3.95. The Labute approximate surface area is 102 Å². The third-order valence-corrected chi connectivity index (χ3v) is 2.44. The number of ether oxygens (including phenoxy) is 1. The van der Waals surface area contributed by atoms with E-state index in [4.69, 9.17) is 4.74 Å². The summed E-state index contributed by atoms with van der Waals surface area (Å²) in [6.07, 6.45) is 1.20. The molecule has 0 aromatic heterocycles. The van der Waals surface area contributed by atoms with Gasteiger partial charge in [0.2, 0.25) is 6.41 Å². The summed E-state index contributed by atoms with van der Waals surface area (Å²) in [4.78, 5) is 10.2. The summed E-state index contributed by atoms with van der Waals surface area (Å²) in [6, 6.07) is 9.95. The fourth-order valence-corrected chi connectivity index (χ4v) is 1.46. The molecule has 0 radical (unpaired) electrons. The SMILES string of the molecule is CC/C(=N\NC=O)[C@@H](C)OCc1ccccc1. The van der Waals surface area contributed by atoms with E-state index in [1.54, 1.807) is 0 Å². The first-order valence-electron chi connectivity index (χ1n) is 5.69. The maximum absolute atomic E-state index is 10.2. The number of amides is 1. The first-order valence-corrected chi connectivity index (χ1v) is 5.69. The van der Waals surface area contributed by atoms with E-state index in [2.05, 4.69) is 10.5 Å². The molecule has 92 valence electrons. The molecule has 0 aliphatic carbocycles. The predicted molar refractivity (Wildman–Crippen MR) is 67.6 cm³/mol. The third-order valence-electron chi connectivity index (χ3n) is 2.44. The van der Waals surface area contributed by atoms with Crippen LogP contribution in [0.5, 0.6) is 0 Å². The number of hydrogen-bond donors (Lipinski definition) is 1. The molecule has 0 aliphatic heterocycles. The number of carbonyl (C=O) groups is 1. The topological polar surface area (TPSA) is 50.7 Å². The molecular formula is C13H18N2O2. The Hall–Kier alpha value is -1.68. The lowest BCUT2D eigenvalue weighted by atomic mass is 10.2. The Kier molecular flexibility index (Phi) is 5.96. The molecule has 1 aromatic rings. The second-order valence-electron chi connectivity index (χ2n) is 3.64. The van der Waals surface area contributed by atoms with Crippen LogP contribution in [0, 0.1) is 0 Å². The number of benzene rings is 1. The Morgan fingerprint density at radius 1 is 1.47 bits per heavy atom. The molecule has 0 saturated heterocycles. The highest BCUT2D eigenvalue weighted by Crippen LogP contribution is 2.05. The molecule has 0 heterocycles. The fourth-order valence-electron chi connectivity index (χ4n) is 1.46. The molecule has 4 nitrogen and oxygen atoms in total. The van der Waals surface area contributed by atoms with Crippen molar-refractivity contribution >= 4 is 12.1 Å². The normalized spacial score (nSPS) is 13.2. The predicted octanol–water partition coefficient (Wildman–Crippen LogP) is 2.10. The van der Waals surface area contributed by atoms with Gasteiger partial charge in [-0.25, -0.2) is 5.43 Å². The summed E-state index contributed by atoms with van der Waals surface area (Å²) >= 11 is 0. The van der Waals surface area contributed by atoms with Gasteiger partial charge in [0.05, 0.1) is 18.4 Å². The van der Waals surface area contributed by atoms with Crippen LogP contribution in [-0.2, 0) is 16.1 Å². The molecule has 1 atom stereocenters. The van der Waals surface area contributed by atoms with Gasteiger partial charge >= 0.3 is 0 Å². The number of hydrogen-bond acceptors (Lipinski definition) is 3. The second-order valence-corrected chi connectivity index (χ2v) is 3.64. The largest absolute Gasteiger partial charge is 0.368 e. The van der Waals surface area contributed by atoms with E-state index in [0.717, 1.165) is 17.7 Å². The van der Waals surface area contributed by atoms with Crippen LogP contribution < -0.4 is 5.43 Å². The van der Waals surface area contributed by atoms with Crippen LogP contribution in [0.15, 0.2) is 35.4 Å². The molecule has 1 rings (SSSR count). The van der Waals surface area contributed by atoms with Crippen LogP contribution in [0.2, 0.25) is 0 Å². The molecule has 1 aromatic carbocycles. The van der Waals surface area contributed by atoms with E-state index >= 15 is 0 Å². The van der Waals surface area contributed by atoms with Crippen LogP contribution >= 0.6 is 0 Å². The zero-order valence-electron chi connectivity index (χ0n) is 10.2. The highest BCUT2D eigenvalue weighted by Gasteiger charge is 2.09. The van der Waals surface area contributed by atoms with Crippen LogP contribution in [-0.4, -0.2) is 18.2 Å². The van der Waals surface area contributed by atoms with Crippen molar-refractivity contribution in [1.82, 2.24) is 5.43 Å². The van der Waals surface area contributed by atoms with Crippen molar-refractivity contribution in [3.63, 3.8) is 0 Å². The Morgan fingerprint density at radius 2 is 2.18 bits per heavy atom. The van der Waals surface area contributed by atoms with Gasteiger partial charge in [0, 0.05) is 0 Å². The zero-order chi connectivity index (χ0) is 12.5. The van der Waals surface area contributed by atoms with E-state index in [1.807, 2.05) is 44.2 Å². The van der Waals surface area contributed by atoms with Crippen LogP contribution in [0.1, 0.15) is 25.8 Å². The molecule has 0 saturated carbocycles. The van der Waals surface area contributed by atoms with E-state index in [-0.39, 0.29) is 6.10 Å². The van der Waals surface area contributed by atoms with Gasteiger partial charge in [-0.15, -0.1) is 0 Å². The third kappa shape index (κ3) is 4.78. The summed E-state index contributed by atoms with van der Waals surface area (Å²) in [6.45, 7) is 4.45. The van der Waals surface area contributed by atoms with Crippen molar-refractivity contribution in [2.75, 3.05) is 0 Å². The van der Waals surface area contributed by atoms with Gasteiger partial charge in [-0.1, -0.05) is 37.3 Å². The second kappa shape index (κ2) is 7.57. The molecule has 1 amide bonds. The highest BCUT2D eigenvalue weighted by atomic mass is 16.5. The van der Waals surface area contributed by atoms with Crippen molar-refractivity contribution in [2.24, 2.45) is 5.10 Å². The lowest BCUT2D eigenvalue weighted by Gasteiger charge is -2.14. The fraction of sp³-hybridized carbons (Fsp3) is 0.385. The van der Waals surface area contributed by atoms with Gasteiger partial charge in [-0.2, -0.15) is 5.10 Å². The van der Waals surface area contributed by atoms with Gasteiger partial charge in [0.25, 0.3) is 0 Å². The average Bonchev–Trinajstić information content (AvgIpc) is 2.38. The molecule has 17 heavy (non-hydrogen) atoms. The minimum atomic E-state index is -0.104. The molecule has 0 spiro atoms. The zero-order valence-corrected chi connectivity index (χ0v) is 10.2. The van der Waals surface area contributed by atoms with E-state index in [9.17, 15) is 4.79 Å². The van der Waals surface area contributed by atoms with Gasteiger partial charge in [0.15, 0.2) is 0 Å². The number of nitrogens with one attached hydrogen (secondary N) is 1. The van der Waals surface area contributed by atoms with Crippen molar-refractivity contribution in [2.45, 2.75) is 33.0 Å². The van der Waals surface area contributed by atoms with Crippen molar-refractivity contribution in [1.29, 1.82) is 0 Å². The van der Waals surface area contributed by atoms with Gasteiger partial charge in [-0.05, 0) is 18.9 Å². The molecule has 0 unspecified atom stereocenters. The maximum atomic E-state index is 10.2. The van der Waals surface area contributed by atoms with Crippen molar-refractivity contribution < 1.29 is 9.53 Å². The van der Waals surface area contributed by atoms with Crippen molar-refractivity contribution in [3.8, 4) is 0 Å². The first-order chi connectivity index (χ1) is 8.27. The van der Waals surface area contributed by atoms with Gasteiger partial charge < -0.3 is 4.74 Å². The lowest BCUT2D eigenvalue weighted by molar-refractivity contribution is -0.109. The molecule has 4 heteroatoms. The Morgan fingerprint density at radius 3 is 2.76 bits per heavy atom. The standard InChI is InChI=1S/C13H18N2O2/c1-3-13(15-14-10-16)11(2)17-9-12-7-5-4-6-8-12/h4-8,10-11H,3,9H2,1-2H3,(H,14,16)/b15-13+/t11-/m1/s1. The Balaban J connectivity index is 2.47. The first kappa shape index (κ1) is 13.4. The molecule has 0 fully saturated rings. The molecule has 1 N–H and O–H groups in total. The summed E-state index contributed by atoms with van der Waals surface area (Å²) in [5.74, 6) is 0. The summed E-state index contributed by atoms with van der Waals surface area (Å²) in [7, 11) is 0. The van der Waals surface area contributed by atoms with Crippen LogP contribution in [0.25, 0.3) is 0 Å². The number of rotatable bonds is 7. The minimum absolute atomic E-state index is 0.104. The smallest absolute Gasteiger partial charge is 0.227 e. The van der Waals surface area contributed by atoms with Crippen LogP contribution in [0.4, 0.5) is 0 Å². The number of nitrogens with zero attached hydrogens (tertiary/aromatic N) is 1. The van der Waals surface area contributed by atoms with Gasteiger partial charge in [-0.3, -0.25) is 4.79 Å². The molecule has 0 aliphatic rings. The minimum Gasteiger partial charge on any atom is -0.368 e. The number of hydrazone groups is 1. The number of carbonyl (C=O) groups excluding carboxylic acids is 1. The monoisotopic (exact) mass is 234 g/mol. The highest BCUT2D eigenvalue weighted by molar-refractivity contribution is 5.88. The lowest BCUT2D eigenvalue weighted by Crippen LogP contribution is -2.22. The van der Waals surface area contributed by atoms with E-state index < -0.39 is 0 Å². The molecule has 0 bridgehead atoms. The average molecular weight is 234 g/mol. The summed E-state index contributed by atoms with van der Waals surface area (Å²) in [5.41, 5.74) is 4.26. The van der Waals surface area contributed by atoms with E-state index in [1.165, 1.54) is 0 Å². The molecular weight excluding hydrogens is 216 g/mol. The Bertz CT molecular complexity index is 363. The van der Waals surface area contributed by atoms with E-state index in [0.29, 0.717) is 13.0 Å². The van der Waals surface area contributed by atoms with Crippen LogP contribution in [0.3, 0.4) is 0 Å². The van der Waals surface area contributed by atoms with Crippen molar-refractivity contribution in [3.05, 3.63) is 35.9 Å². The van der Waals surface area contributed by atoms with Gasteiger partial charge in [0.1, 0.15) is 0 Å². The maximum Gasteiger partial charge on any atom is 0.227 e.